The molecule has 1 aromatic heterocycles. The Labute approximate surface area is 192 Å². The van der Waals surface area contributed by atoms with Crippen LogP contribution >= 0.6 is 0 Å². The molecule has 6 heteroatoms. The Bertz CT molecular complexity index is 908. The summed E-state index contributed by atoms with van der Waals surface area (Å²) >= 11 is 0. The average molecular weight is 436 g/mol. The second-order valence-electron chi connectivity index (χ2n) is 9.80. The maximum absolute atomic E-state index is 13.4. The Balaban J connectivity index is 1.23. The van der Waals surface area contributed by atoms with E-state index in [0.717, 1.165) is 77.2 Å². The molecule has 3 heterocycles. The van der Waals surface area contributed by atoms with Gasteiger partial charge in [-0.05, 0) is 37.7 Å². The number of carbonyl (C=O) groups excluding carboxylic acids is 1. The average Bonchev–Trinajstić information content (AvgIpc) is 2.99. The van der Waals surface area contributed by atoms with E-state index in [9.17, 15) is 4.79 Å². The van der Waals surface area contributed by atoms with Crippen LogP contribution in [0.15, 0.2) is 30.3 Å². The molecule has 172 valence electrons. The molecular formula is C26H37N5O. The molecule has 0 radical (unpaired) electrons. The summed E-state index contributed by atoms with van der Waals surface area (Å²) in [5, 5.41) is 4.74. The standard InChI is InChI=1S/C26H37N5O/c1-28-24-12-11-22(30-17-15-29(16-18-30)20-21-9-5-4-6-10-21)19-23(24)25(27-28)26(32)31-13-7-2-3-8-14-31/h4-6,9-10,22H,2-3,7-8,11-20H2,1H3/t22-/m1/s1. The number of likely N-dealkylation sites (tertiary alicyclic amines) is 1. The molecule has 2 aliphatic heterocycles. The van der Waals surface area contributed by atoms with E-state index in [1.807, 2.05) is 11.7 Å². The molecule has 3 aliphatic rings. The fourth-order valence-corrected chi connectivity index (χ4v) is 5.81. The van der Waals surface area contributed by atoms with Crippen LogP contribution in [0.5, 0.6) is 0 Å². The van der Waals surface area contributed by atoms with Crippen molar-refractivity contribution in [2.75, 3.05) is 39.3 Å². The van der Waals surface area contributed by atoms with Crippen molar-refractivity contribution in [2.24, 2.45) is 7.05 Å². The van der Waals surface area contributed by atoms with E-state index in [0.29, 0.717) is 6.04 Å². The highest BCUT2D eigenvalue weighted by molar-refractivity contribution is 5.94. The van der Waals surface area contributed by atoms with Gasteiger partial charge >= 0.3 is 0 Å². The fourth-order valence-electron chi connectivity index (χ4n) is 5.81. The molecule has 2 aromatic rings. The number of fused-ring (bicyclic) bond motifs is 1. The van der Waals surface area contributed by atoms with Gasteiger partial charge in [-0.3, -0.25) is 19.3 Å². The number of aryl methyl sites for hydroxylation is 1. The van der Waals surface area contributed by atoms with Gasteiger partial charge in [0.1, 0.15) is 0 Å². The second kappa shape index (κ2) is 9.75. The van der Waals surface area contributed by atoms with Gasteiger partial charge in [0.25, 0.3) is 5.91 Å². The molecule has 1 aliphatic carbocycles. The van der Waals surface area contributed by atoms with E-state index in [2.05, 4.69) is 45.0 Å². The minimum Gasteiger partial charge on any atom is -0.337 e. The smallest absolute Gasteiger partial charge is 0.274 e. The lowest BCUT2D eigenvalue weighted by molar-refractivity contribution is 0.0748. The number of piperazine rings is 1. The van der Waals surface area contributed by atoms with Crippen molar-refractivity contribution in [2.45, 2.75) is 57.5 Å². The summed E-state index contributed by atoms with van der Waals surface area (Å²) in [5.74, 6) is 0.164. The maximum atomic E-state index is 13.4. The summed E-state index contributed by atoms with van der Waals surface area (Å²) < 4.78 is 1.98. The molecular weight excluding hydrogens is 398 g/mol. The van der Waals surface area contributed by atoms with Gasteiger partial charge in [0.15, 0.2) is 5.69 Å². The first kappa shape index (κ1) is 21.7. The number of nitrogens with zero attached hydrogens (tertiary/aromatic N) is 5. The molecule has 6 nitrogen and oxygen atoms in total. The van der Waals surface area contributed by atoms with Crippen molar-refractivity contribution in [1.82, 2.24) is 24.5 Å². The summed E-state index contributed by atoms with van der Waals surface area (Å²) in [6.45, 7) is 7.27. The Morgan fingerprint density at radius 3 is 2.41 bits per heavy atom. The number of rotatable bonds is 4. The van der Waals surface area contributed by atoms with Gasteiger partial charge in [-0.2, -0.15) is 5.10 Å². The molecule has 0 saturated carbocycles. The van der Waals surface area contributed by atoms with Crippen LogP contribution in [0.25, 0.3) is 0 Å². The van der Waals surface area contributed by atoms with E-state index >= 15 is 0 Å². The highest BCUT2D eigenvalue weighted by atomic mass is 16.2. The minimum atomic E-state index is 0.164. The molecule has 2 saturated heterocycles. The molecule has 1 aromatic carbocycles. The second-order valence-corrected chi connectivity index (χ2v) is 9.80. The van der Waals surface area contributed by atoms with Crippen LogP contribution < -0.4 is 0 Å². The first-order valence-corrected chi connectivity index (χ1v) is 12.5. The number of hydrogen-bond donors (Lipinski definition) is 0. The van der Waals surface area contributed by atoms with Crippen molar-refractivity contribution in [3.05, 3.63) is 52.8 Å². The SMILES string of the molecule is Cn1nc(C(=O)N2CCCCCC2)c2c1CC[C@@H](N1CCN(Cc3ccccc3)CC1)C2. The lowest BCUT2D eigenvalue weighted by Crippen LogP contribution is -2.51. The third kappa shape index (κ3) is 4.62. The van der Waals surface area contributed by atoms with E-state index < -0.39 is 0 Å². The van der Waals surface area contributed by atoms with Crippen LogP contribution in [-0.4, -0.2) is 75.7 Å². The molecule has 0 unspecified atom stereocenters. The highest BCUT2D eigenvalue weighted by Gasteiger charge is 2.33. The van der Waals surface area contributed by atoms with Crippen LogP contribution in [0.1, 0.15) is 59.4 Å². The van der Waals surface area contributed by atoms with Crippen LogP contribution in [-0.2, 0) is 26.4 Å². The third-order valence-electron chi connectivity index (χ3n) is 7.70. The lowest BCUT2D eigenvalue weighted by atomic mass is 9.89. The van der Waals surface area contributed by atoms with Gasteiger partial charge < -0.3 is 4.90 Å². The van der Waals surface area contributed by atoms with Gasteiger partial charge in [0.05, 0.1) is 0 Å². The first-order valence-electron chi connectivity index (χ1n) is 12.5. The van der Waals surface area contributed by atoms with Crippen LogP contribution in [0.3, 0.4) is 0 Å². The molecule has 5 rings (SSSR count). The van der Waals surface area contributed by atoms with E-state index in [1.165, 1.54) is 36.1 Å². The van der Waals surface area contributed by atoms with Crippen molar-refractivity contribution in [3.8, 4) is 0 Å². The minimum absolute atomic E-state index is 0.164. The van der Waals surface area contributed by atoms with Gasteiger partial charge in [-0.1, -0.05) is 43.2 Å². The summed E-state index contributed by atoms with van der Waals surface area (Å²) in [6.07, 6.45) is 7.89. The predicted molar refractivity (Wildman–Crippen MR) is 127 cm³/mol. The van der Waals surface area contributed by atoms with E-state index in [-0.39, 0.29) is 5.91 Å². The van der Waals surface area contributed by atoms with Gasteiger partial charge in [0.2, 0.25) is 0 Å². The molecule has 0 bridgehead atoms. The molecule has 0 N–H and O–H groups in total. The van der Waals surface area contributed by atoms with Crippen LogP contribution in [0.4, 0.5) is 0 Å². The highest BCUT2D eigenvalue weighted by Crippen LogP contribution is 2.29. The van der Waals surface area contributed by atoms with Crippen molar-refractivity contribution in [3.63, 3.8) is 0 Å². The van der Waals surface area contributed by atoms with Crippen LogP contribution in [0.2, 0.25) is 0 Å². The quantitative estimate of drug-likeness (QED) is 0.740. The van der Waals surface area contributed by atoms with Gasteiger partial charge in [-0.25, -0.2) is 0 Å². The van der Waals surface area contributed by atoms with Crippen molar-refractivity contribution >= 4 is 5.91 Å². The Kier molecular flexibility index (Phi) is 6.60. The van der Waals surface area contributed by atoms with Crippen molar-refractivity contribution in [1.29, 1.82) is 0 Å². The number of aromatic nitrogens is 2. The zero-order valence-electron chi connectivity index (χ0n) is 19.5. The monoisotopic (exact) mass is 435 g/mol. The van der Waals surface area contributed by atoms with Gasteiger partial charge in [-0.15, -0.1) is 0 Å². The van der Waals surface area contributed by atoms with Crippen molar-refractivity contribution < 1.29 is 4.79 Å². The molecule has 1 atom stereocenters. The molecule has 2 fully saturated rings. The summed E-state index contributed by atoms with van der Waals surface area (Å²) in [4.78, 5) is 20.7. The van der Waals surface area contributed by atoms with E-state index in [4.69, 9.17) is 5.10 Å². The Morgan fingerprint density at radius 2 is 1.69 bits per heavy atom. The van der Waals surface area contributed by atoms with E-state index in [1.54, 1.807) is 0 Å². The number of benzene rings is 1. The zero-order valence-corrected chi connectivity index (χ0v) is 19.5. The summed E-state index contributed by atoms with van der Waals surface area (Å²) in [6, 6.07) is 11.3. The summed E-state index contributed by atoms with van der Waals surface area (Å²) in [5.41, 5.74) is 4.64. The summed E-state index contributed by atoms with van der Waals surface area (Å²) in [7, 11) is 2.01. The number of carbonyl (C=O) groups is 1. The Hall–Kier alpha value is -2.18. The lowest BCUT2D eigenvalue weighted by Gasteiger charge is -2.40. The fraction of sp³-hybridized carbons (Fsp3) is 0.615. The number of hydrogen-bond acceptors (Lipinski definition) is 4. The Morgan fingerprint density at radius 1 is 0.969 bits per heavy atom. The normalized spacial score (nSPS) is 23.0. The number of amides is 1. The van der Waals surface area contributed by atoms with Gasteiger partial charge in [0, 0.05) is 70.2 Å². The predicted octanol–water partition coefficient (Wildman–Crippen LogP) is 3.11. The zero-order chi connectivity index (χ0) is 21.9. The largest absolute Gasteiger partial charge is 0.337 e. The topological polar surface area (TPSA) is 44.6 Å². The molecule has 1 amide bonds. The molecule has 32 heavy (non-hydrogen) atoms. The van der Waals surface area contributed by atoms with Crippen LogP contribution in [0, 0.1) is 0 Å². The molecule has 0 spiro atoms. The first-order chi connectivity index (χ1) is 15.7. The third-order valence-corrected chi connectivity index (χ3v) is 7.70. The maximum Gasteiger partial charge on any atom is 0.274 e.